The molecule has 2 aromatic heterocycles. The number of aromatic amines is 1. The van der Waals surface area contributed by atoms with Crippen molar-refractivity contribution in [2.75, 3.05) is 0 Å². The molecule has 0 atom stereocenters. The standard InChI is InChI=1S/C7H8N4O/c1-4-5-6(10-11(4)2)8-3-9-7(5)12/h3H,1-2H3,(H,8,9,10,12). The summed E-state index contributed by atoms with van der Waals surface area (Å²) in [6, 6.07) is 0. The van der Waals surface area contributed by atoms with E-state index in [2.05, 4.69) is 15.1 Å². The molecule has 0 amide bonds. The summed E-state index contributed by atoms with van der Waals surface area (Å²) in [6.45, 7) is 1.84. The predicted molar refractivity (Wildman–Crippen MR) is 43.9 cm³/mol. The molecule has 1 N–H and O–H groups in total. The van der Waals surface area contributed by atoms with Gasteiger partial charge < -0.3 is 4.98 Å². The fraction of sp³-hybridized carbons (Fsp3) is 0.286. The lowest BCUT2D eigenvalue weighted by atomic mass is 10.3. The SMILES string of the molecule is Cc1c2c(=O)[nH]cnc2nn1C. The molecule has 0 aliphatic heterocycles. The highest BCUT2D eigenvalue weighted by molar-refractivity contribution is 5.75. The Morgan fingerprint density at radius 1 is 1.58 bits per heavy atom. The molecule has 2 heterocycles. The van der Waals surface area contributed by atoms with Crippen molar-refractivity contribution in [1.29, 1.82) is 0 Å². The Kier molecular flexibility index (Phi) is 1.27. The van der Waals surface area contributed by atoms with Crippen LogP contribution < -0.4 is 5.56 Å². The van der Waals surface area contributed by atoms with Gasteiger partial charge in [0.1, 0.15) is 5.39 Å². The summed E-state index contributed by atoms with van der Waals surface area (Å²) in [7, 11) is 1.79. The molecule has 0 unspecified atom stereocenters. The van der Waals surface area contributed by atoms with Crippen LogP contribution in [0.1, 0.15) is 5.69 Å². The van der Waals surface area contributed by atoms with Gasteiger partial charge in [-0.2, -0.15) is 5.10 Å². The molecule has 5 heteroatoms. The molecule has 0 radical (unpaired) electrons. The molecule has 0 fully saturated rings. The fourth-order valence-electron chi connectivity index (χ4n) is 1.17. The smallest absolute Gasteiger partial charge is 0.262 e. The quantitative estimate of drug-likeness (QED) is 0.594. The van der Waals surface area contributed by atoms with Crippen LogP contribution in [0.5, 0.6) is 0 Å². The van der Waals surface area contributed by atoms with Crippen LogP contribution in [0.2, 0.25) is 0 Å². The maximum absolute atomic E-state index is 11.3. The van der Waals surface area contributed by atoms with Crippen LogP contribution in [0.25, 0.3) is 11.0 Å². The number of hydrogen-bond donors (Lipinski definition) is 1. The molecule has 0 saturated carbocycles. The van der Waals surface area contributed by atoms with Crippen molar-refractivity contribution in [2.45, 2.75) is 6.92 Å². The van der Waals surface area contributed by atoms with Crippen molar-refractivity contribution < 1.29 is 0 Å². The van der Waals surface area contributed by atoms with Crippen molar-refractivity contribution in [3.05, 3.63) is 22.4 Å². The third-order valence-electron chi connectivity index (χ3n) is 1.93. The minimum atomic E-state index is -0.134. The third-order valence-corrected chi connectivity index (χ3v) is 1.93. The van der Waals surface area contributed by atoms with Crippen LogP contribution in [0, 0.1) is 6.92 Å². The van der Waals surface area contributed by atoms with E-state index in [0.717, 1.165) is 5.69 Å². The van der Waals surface area contributed by atoms with Crippen molar-refractivity contribution >= 4 is 11.0 Å². The maximum Gasteiger partial charge on any atom is 0.262 e. The largest absolute Gasteiger partial charge is 0.312 e. The zero-order valence-electron chi connectivity index (χ0n) is 6.83. The summed E-state index contributed by atoms with van der Waals surface area (Å²) >= 11 is 0. The minimum absolute atomic E-state index is 0.134. The van der Waals surface area contributed by atoms with Crippen LogP contribution in [0.15, 0.2) is 11.1 Å². The highest BCUT2D eigenvalue weighted by atomic mass is 16.1. The Hall–Kier alpha value is -1.65. The molecule has 2 aromatic rings. The second kappa shape index (κ2) is 2.17. The Labute approximate surface area is 68.1 Å². The zero-order chi connectivity index (χ0) is 8.72. The van der Waals surface area contributed by atoms with Crippen LogP contribution in [-0.4, -0.2) is 19.7 Å². The minimum Gasteiger partial charge on any atom is -0.312 e. The van der Waals surface area contributed by atoms with Gasteiger partial charge in [0.25, 0.3) is 5.56 Å². The van der Waals surface area contributed by atoms with E-state index in [-0.39, 0.29) is 5.56 Å². The van der Waals surface area contributed by atoms with Crippen molar-refractivity contribution in [1.82, 2.24) is 19.7 Å². The monoisotopic (exact) mass is 164 g/mol. The van der Waals surface area contributed by atoms with Crippen LogP contribution in [-0.2, 0) is 7.05 Å². The topological polar surface area (TPSA) is 63.6 Å². The first-order chi connectivity index (χ1) is 5.70. The van der Waals surface area contributed by atoms with Gasteiger partial charge in [0, 0.05) is 7.05 Å². The molecule has 62 valence electrons. The first-order valence-electron chi connectivity index (χ1n) is 3.57. The van der Waals surface area contributed by atoms with Gasteiger partial charge in [0.15, 0.2) is 5.65 Å². The van der Waals surface area contributed by atoms with Crippen molar-refractivity contribution in [3.63, 3.8) is 0 Å². The van der Waals surface area contributed by atoms with E-state index in [1.807, 2.05) is 6.92 Å². The number of aryl methyl sites for hydroxylation is 2. The molecule has 0 saturated heterocycles. The van der Waals surface area contributed by atoms with E-state index in [1.165, 1.54) is 6.33 Å². The molecule has 5 nitrogen and oxygen atoms in total. The molecule has 0 aromatic carbocycles. The number of fused-ring (bicyclic) bond motifs is 1. The van der Waals surface area contributed by atoms with Gasteiger partial charge in [0.2, 0.25) is 0 Å². The Bertz CT molecular complexity index is 482. The molecule has 0 bridgehead atoms. The van der Waals surface area contributed by atoms with Gasteiger partial charge in [-0.25, -0.2) is 4.98 Å². The summed E-state index contributed by atoms with van der Waals surface area (Å²) in [6.07, 6.45) is 1.36. The highest BCUT2D eigenvalue weighted by Gasteiger charge is 2.07. The van der Waals surface area contributed by atoms with E-state index in [4.69, 9.17) is 0 Å². The number of nitrogens with one attached hydrogen (secondary N) is 1. The van der Waals surface area contributed by atoms with E-state index in [0.29, 0.717) is 11.0 Å². The number of rotatable bonds is 0. The Balaban J connectivity index is 3.07. The first-order valence-corrected chi connectivity index (χ1v) is 3.57. The van der Waals surface area contributed by atoms with Crippen LogP contribution in [0.3, 0.4) is 0 Å². The molecular weight excluding hydrogens is 156 g/mol. The van der Waals surface area contributed by atoms with Gasteiger partial charge in [-0.05, 0) is 6.92 Å². The summed E-state index contributed by atoms with van der Waals surface area (Å²) < 4.78 is 1.65. The van der Waals surface area contributed by atoms with Gasteiger partial charge in [0.05, 0.1) is 12.0 Å². The van der Waals surface area contributed by atoms with E-state index in [9.17, 15) is 4.79 Å². The first kappa shape index (κ1) is 7.02. The van der Waals surface area contributed by atoms with E-state index < -0.39 is 0 Å². The molecular formula is C7H8N4O. The average Bonchev–Trinajstić information content (AvgIpc) is 2.29. The van der Waals surface area contributed by atoms with Gasteiger partial charge in [-0.3, -0.25) is 9.48 Å². The number of nitrogens with zero attached hydrogens (tertiary/aromatic N) is 3. The summed E-state index contributed by atoms with van der Waals surface area (Å²) in [4.78, 5) is 17.7. The second-order valence-corrected chi connectivity index (χ2v) is 2.64. The Morgan fingerprint density at radius 3 is 3.00 bits per heavy atom. The number of aromatic nitrogens is 4. The highest BCUT2D eigenvalue weighted by Crippen LogP contribution is 2.07. The van der Waals surface area contributed by atoms with E-state index in [1.54, 1.807) is 11.7 Å². The zero-order valence-corrected chi connectivity index (χ0v) is 6.83. The van der Waals surface area contributed by atoms with Crippen molar-refractivity contribution in [3.8, 4) is 0 Å². The molecule has 12 heavy (non-hydrogen) atoms. The van der Waals surface area contributed by atoms with Gasteiger partial charge >= 0.3 is 0 Å². The average molecular weight is 164 g/mol. The Morgan fingerprint density at radius 2 is 2.33 bits per heavy atom. The summed E-state index contributed by atoms with van der Waals surface area (Å²) in [5, 5.41) is 4.63. The third kappa shape index (κ3) is 0.761. The predicted octanol–water partition coefficient (Wildman–Crippen LogP) is -0.0350. The van der Waals surface area contributed by atoms with Crippen LogP contribution >= 0.6 is 0 Å². The van der Waals surface area contributed by atoms with Gasteiger partial charge in [-0.1, -0.05) is 0 Å². The fourth-order valence-corrected chi connectivity index (χ4v) is 1.17. The molecule has 0 aliphatic rings. The molecule has 2 rings (SSSR count). The molecule has 0 aliphatic carbocycles. The van der Waals surface area contributed by atoms with Gasteiger partial charge in [-0.15, -0.1) is 0 Å². The summed E-state index contributed by atoms with van der Waals surface area (Å²) in [5.74, 6) is 0. The number of hydrogen-bond acceptors (Lipinski definition) is 3. The normalized spacial score (nSPS) is 10.8. The lowest BCUT2D eigenvalue weighted by Crippen LogP contribution is -2.06. The lowest BCUT2D eigenvalue weighted by molar-refractivity contribution is 0.748. The second-order valence-electron chi connectivity index (χ2n) is 2.64. The number of H-pyrrole nitrogens is 1. The maximum atomic E-state index is 11.3. The summed E-state index contributed by atoms with van der Waals surface area (Å²) in [5.41, 5.74) is 1.20. The van der Waals surface area contributed by atoms with Crippen LogP contribution in [0.4, 0.5) is 0 Å². The van der Waals surface area contributed by atoms with Crippen molar-refractivity contribution in [2.24, 2.45) is 7.05 Å². The van der Waals surface area contributed by atoms with E-state index >= 15 is 0 Å². The molecule has 0 spiro atoms. The lowest BCUT2D eigenvalue weighted by Gasteiger charge is -1.89.